The molecule has 0 aliphatic rings. The SMILES string of the molecule is C=CC(=O)OCCOC(CF)CC(C)OCCCCOC(=O)C(=C)C. The highest BCUT2D eigenvalue weighted by Gasteiger charge is 2.14. The molecule has 0 saturated carbocycles. The van der Waals surface area contributed by atoms with E-state index >= 15 is 0 Å². The monoisotopic (exact) mass is 360 g/mol. The van der Waals surface area contributed by atoms with Gasteiger partial charge in [-0.1, -0.05) is 13.2 Å². The smallest absolute Gasteiger partial charge is 0.333 e. The van der Waals surface area contributed by atoms with Gasteiger partial charge in [-0.05, 0) is 26.7 Å². The molecule has 0 aromatic rings. The van der Waals surface area contributed by atoms with Crippen molar-refractivity contribution in [3.05, 3.63) is 24.8 Å². The molecular formula is C18H29FO6. The van der Waals surface area contributed by atoms with Gasteiger partial charge in [0, 0.05) is 24.7 Å². The number of unbranched alkanes of at least 4 members (excludes halogenated alkanes) is 1. The van der Waals surface area contributed by atoms with Crippen molar-refractivity contribution < 1.29 is 32.9 Å². The zero-order valence-electron chi connectivity index (χ0n) is 15.1. The quantitative estimate of drug-likeness (QED) is 0.254. The van der Waals surface area contributed by atoms with E-state index in [0.29, 0.717) is 31.6 Å². The van der Waals surface area contributed by atoms with E-state index in [9.17, 15) is 14.0 Å². The fourth-order valence-corrected chi connectivity index (χ4v) is 1.81. The van der Waals surface area contributed by atoms with Crippen LogP contribution in [0.1, 0.15) is 33.1 Å². The molecule has 0 aliphatic heterocycles. The lowest BCUT2D eigenvalue weighted by Crippen LogP contribution is -2.25. The molecule has 0 rings (SSSR count). The van der Waals surface area contributed by atoms with E-state index < -0.39 is 24.7 Å². The molecular weight excluding hydrogens is 331 g/mol. The first-order valence-corrected chi connectivity index (χ1v) is 8.31. The van der Waals surface area contributed by atoms with Crippen LogP contribution in [-0.4, -0.2) is 57.2 Å². The third-order valence-electron chi connectivity index (χ3n) is 3.14. The summed E-state index contributed by atoms with van der Waals surface area (Å²) in [5.74, 6) is -0.929. The Balaban J connectivity index is 3.71. The number of halogens is 1. The van der Waals surface area contributed by atoms with Crippen LogP contribution < -0.4 is 0 Å². The zero-order valence-corrected chi connectivity index (χ0v) is 15.1. The topological polar surface area (TPSA) is 71.1 Å². The van der Waals surface area contributed by atoms with Gasteiger partial charge < -0.3 is 18.9 Å². The predicted molar refractivity (Wildman–Crippen MR) is 91.9 cm³/mol. The third kappa shape index (κ3) is 13.3. The van der Waals surface area contributed by atoms with Crippen LogP contribution in [0.2, 0.25) is 0 Å². The highest BCUT2D eigenvalue weighted by atomic mass is 19.1. The molecule has 6 nitrogen and oxygen atoms in total. The van der Waals surface area contributed by atoms with Crippen LogP contribution in [-0.2, 0) is 28.5 Å². The molecule has 0 fully saturated rings. The second-order valence-corrected chi connectivity index (χ2v) is 5.56. The van der Waals surface area contributed by atoms with Crippen molar-refractivity contribution >= 4 is 11.9 Å². The van der Waals surface area contributed by atoms with Gasteiger partial charge in [0.25, 0.3) is 0 Å². The van der Waals surface area contributed by atoms with Crippen LogP contribution in [0, 0.1) is 0 Å². The minimum Gasteiger partial charge on any atom is -0.462 e. The summed E-state index contributed by atoms with van der Waals surface area (Å²) in [6, 6.07) is 0. The first-order chi connectivity index (χ1) is 11.9. The molecule has 0 radical (unpaired) electrons. The molecule has 25 heavy (non-hydrogen) atoms. The molecule has 0 aliphatic carbocycles. The van der Waals surface area contributed by atoms with Crippen molar-refractivity contribution in [1.29, 1.82) is 0 Å². The lowest BCUT2D eigenvalue weighted by Gasteiger charge is -2.19. The maximum atomic E-state index is 12.9. The number of hydrogen-bond donors (Lipinski definition) is 0. The second-order valence-electron chi connectivity index (χ2n) is 5.56. The van der Waals surface area contributed by atoms with E-state index in [1.165, 1.54) is 0 Å². The highest BCUT2D eigenvalue weighted by molar-refractivity contribution is 5.86. The number of hydrogen-bond acceptors (Lipinski definition) is 6. The molecule has 7 heteroatoms. The summed E-state index contributed by atoms with van der Waals surface area (Å²) in [5, 5.41) is 0. The fraction of sp³-hybridized carbons (Fsp3) is 0.667. The molecule has 0 heterocycles. The minimum absolute atomic E-state index is 0.0551. The van der Waals surface area contributed by atoms with E-state index in [1.54, 1.807) is 6.92 Å². The van der Waals surface area contributed by atoms with Gasteiger partial charge in [-0.25, -0.2) is 14.0 Å². The molecule has 2 unspecified atom stereocenters. The number of rotatable bonds is 15. The summed E-state index contributed by atoms with van der Waals surface area (Å²) >= 11 is 0. The number of alkyl halides is 1. The maximum absolute atomic E-state index is 12.9. The Morgan fingerprint density at radius 1 is 1.08 bits per heavy atom. The summed E-state index contributed by atoms with van der Waals surface area (Å²) in [6.45, 7) is 10.6. The Kier molecular flexibility index (Phi) is 13.6. The molecule has 2 atom stereocenters. The molecule has 0 aromatic heterocycles. The Morgan fingerprint density at radius 2 is 1.76 bits per heavy atom. The molecule has 0 bridgehead atoms. The standard InChI is InChI=1S/C18H29FO6/c1-5-17(20)24-11-10-23-16(13-19)12-15(4)22-8-6-7-9-25-18(21)14(2)3/h5,15-16H,1-2,6-13H2,3-4H3. The Hall–Kier alpha value is -1.73. The van der Waals surface area contributed by atoms with Gasteiger partial charge in [-0.3, -0.25) is 0 Å². The second kappa shape index (κ2) is 14.6. The Labute approximate surface area is 149 Å². The van der Waals surface area contributed by atoms with Crippen LogP contribution in [0.4, 0.5) is 4.39 Å². The fourth-order valence-electron chi connectivity index (χ4n) is 1.81. The number of carbonyl (C=O) groups is 2. The Bertz CT molecular complexity index is 424. The van der Waals surface area contributed by atoms with Crippen LogP contribution in [0.5, 0.6) is 0 Å². The molecule has 144 valence electrons. The van der Waals surface area contributed by atoms with Crippen LogP contribution >= 0.6 is 0 Å². The lowest BCUT2D eigenvalue weighted by molar-refractivity contribution is -0.140. The largest absolute Gasteiger partial charge is 0.462 e. The molecule has 0 saturated heterocycles. The van der Waals surface area contributed by atoms with E-state index in [2.05, 4.69) is 13.2 Å². The van der Waals surface area contributed by atoms with Crippen LogP contribution in [0.25, 0.3) is 0 Å². The van der Waals surface area contributed by atoms with E-state index in [4.69, 9.17) is 18.9 Å². The van der Waals surface area contributed by atoms with Gasteiger partial charge in [0.2, 0.25) is 0 Å². The van der Waals surface area contributed by atoms with E-state index in [1.807, 2.05) is 6.92 Å². The van der Waals surface area contributed by atoms with Gasteiger partial charge in [0.15, 0.2) is 0 Å². The van der Waals surface area contributed by atoms with E-state index in [-0.39, 0.29) is 19.3 Å². The van der Waals surface area contributed by atoms with Crippen molar-refractivity contribution in [2.75, 3.05) is 33.1 Å². The average molecular weight is 360 g/mol. The van der Waals surface area contributed by atoms with Gasteiger partial charge in [0.1, 0.15) is 13.3 Å². The van der Waals surface area contributed by atoms with Crippen molar-refractivity contribution in [1.82, 2.24) is 0 Å². The molecule has 0 spiro atoms. The van der Waals surface area contributed by atoms with Crippen molar-refractivity contribution in [3.8, 4) is 0 Å². The highest BCUT2D eigenvalue weighted by Crippen LogP contribution is 2.08. The predicted octanol–water partition coefficient (Wildman–Crippen LogP) is 2.77. The summed E-state index contributed by atoms with van der Waals surface area (Å²) in [4.78, 5) is 22.0. The first kappa shape index (κ1) is 23.3. The summed E-state index contributed by atoms with van der Waals surface area (Å²) in [6.07, 6.45) is 2.09. The van der Waals surface area contributed by atoms with Gasteiger partial charge >= 0.3 is 11.9 Å². The van der Waals surface area contributed by atoms with Crippen molar-refractivity contribution in [3.63, 3.8) is 0 Å². The number of esters is 2. The van der Waals surface area contributed by atoms with Gasteiger partial charge in [-0.15, -0.1) is 0 Å². The zero-order chi connectivity index (χ0) is 19.1. The third-order valence-corrected chi connectivity index (χ3v) is 3.14. The Morgan fingerprint density at radius 3 is 2.36 bits per heavy atom. The lowest BCUT2D eigenvalue weighted by atomic mass is 10.2. The molecule has 0 aromatic carbocycles. The summed E-state index contributed by atoms with van der Waals surface area (Å²) in [5.41, 5.74) is 0.376. The number of carbonyl (C=O) groups excluding carboxylic acids is 2. The molecule has 0 amide bonds. The van der Waals surface area contributed by atoms with Crippen LogP contribution in [0.15, 0.2) is 24.8 Å². The normalized spacial score (nSPS) is 12.9. The van der Waals surface area contributed by atoms with Gasteiger partial charge in [0.05, 0.1) is 25.4 Å². The van der Waals surface area contributed by atoms with Crippen molar-refractivity contribution in [2.45, 2.75) is 45.3 Å². The first-order valence-electron chi connectivity index (χ1n) is 8.31. The van der Waals surface area contributed by atoms with Gasteiger partial charge in [-0.2, -0.15) is 0 Å². The summed E-state index contributed by atoms with van der Waals surface area (Å²) < 4.78 is 33.6. The average Bonchev–Trinajstić information content (AvgIpc) is 2.59. The molecule has 0 N–H and O–H groups in total. The van der Waals surface area contributed by atoms with Crippen molar-refractivity contribution in [2.24, 2.45) is 0 Å². The number of ether oxygens (including phenoxy) is 4. The minimum atomic E-state index is -0.639. The van der Waals surface area contributed by atoms with E-state index in [0.717, 1.165) is 12.5 Å². The maximum Gasteiger partial charge on any atom is 0.333 e. The van der Waals surface area contributed by atoms with Crippen LogP contribution in [0.3, 0.4) is 0 Å². The summed E-state index contributed by atoms with van der Waals surface area (Å²) in [7, 11) is 0.